The summed E-state index contributed by atoms with van der Waals surface area (Å²) in [7, 11) is 0. The third-order valence-electron chi connectivity index (χ3n) is 4.34. The lowest BCUT2D eigenvalue weighted by atomic mass is 10.2. The molecule has 0 aromatic heterocycles. The molecule has 3 rings (SSSR count). The second-order valence-corrected chi connectivity index (χ2v) is 6.24. The minimum absolute atomic E-state index is 0.0147. The molecule has 0 spiro atoms. The van der Waals surface area contributed by atoms with Gasteiger partial charge >= 0.3 is 17.8 Å². The highest BCUT2D eigenvalue weighted by Gasteiger charge is 2.45. The zero-order valence-electron chi connectivity index (χ0n) is 13.4. The predicted molar refractivity (Wildman–Crippen MR) is 84.4 cm³/mol. The first kappa shape index (κ1) is 16.2. The van der Waals surface area contributed by atoms with Gasteiger partial charge in [-0.3, -0.25) is 19.3 Å². The molecule has 7 heteroatoms. The lowest BCUT2D eigenvalue weighted by Gasteiger charge is -2.17. The zero-order chi connectivity index (χ0) is 17.3. The Labute approximate surface area is 139 Å². The van der Waals surface area contributed by atoms with Crippen molar-refractivity contribution in [1.82, 2.24) is 15.1 Å². The summed E-state index contributed by atoms with van der Waals surface area (Å²) in [4.78, 5) is 50.0. The maximum absolute atomic E-state index is 12.3. The van der Waals surface area contributed by atoms with Crippen LogP contribution in [0.5, 0.6) is 0 Å². The second-order valence-electron chi connectivity index (χ2n) is 6.24. The number of imide groups is 2. The third kappa shape index (κ3) is 3.29. The Balaban J connectivity index is 1.64. The van der Waals surface area contributed by atoms with Gasteiger partial charge in [-0.05, 0) is 31.2 Å². The fraction of sp³-hybridized carbons (Fsp3) is 0.412. The smallest absolute Gasteiger partial charge is 0.335 e. The fourth-order valence-electron chi connectivity index (χ4n) is 2.75. The topological polar surface area (TPSA) is 86.8 Å². The lowest BCUT2D eigenvalue weighted by Crippen LogP contribution is -2.44. The van der Waals surface area contributed by atoms with Crippen molar-refractivity contribution in [3.8, 4) is 0 Å². The van der Waals surface area contributed by atoms with Crippen LogP contribution in [0.4, 0.5) is 4.79 Å². The largest absolute Gasteiger partial charge is 0.352 e. The van der Waals surface area contributed by atoms with E-state index in [1.165, 1.54) is 0 Å². The van der Waals surface area contributed by atoms with E-state index in [-0.39, 0.29) is 12.6 Å². The Hall–Kier alpha value is -2.70. The molecule has 1 aliphatic carbocycles. The molecule has 1 saturated heterocycles. The van der Waals surface area contributed by atoms with E-state index in [4.69, 9.17) is 0 Å². The summed E-state index contributed by atoms with van der Waals surface area (Å²) in [5.41, 5.74) is 0.737. The highest BCUT2D eigenvalue weighted by atomic mass is 16.2. The summed E-state index contributed by atoms with van der Waals surface area (Å²) in [5, 5.41) is 2.77. The summed E-state index contributed by atoms with van der Waals surface area (Å²) in [6, 6.07) is 8.18. The van der Waals surface area contributed by atoms with Gasteiger partial charge in [0.05, 0.1) is 6.54 Å². The maximum Gasteiger partial charge on any atom is 0.335 e. The maximum atomic E-state index is 12.3. The summed E-state index contributed by atoms with van der Waals surface area (Å²) >= 11 is 0. The summed E-state index contributed by atoms with van der Waals surface area (Å²) in [6.45, 7) is 1.49. The van der Waals surface area contributed by atoms with Gasteiger partial charge < -0.3 is 5.32 Å². The van der Waals surface area contributed by atoms with Crippen LogP contribution in [0.1, 0.15) is 25.3 Å². The molecule has 24 heavy (non-hydrogen) atoms. The number of benzene rings is 1. The van der Waals surface area contributed by atoms with Gasteiger partial charge in [0.1, 0.15) is 6.54 Å². The molecule has 0 radical (unpaired) electrons. The molecule has 0 bridgehead atoms. The third-order valence-corrected chi connectivity index (χ3v) is 4.34. The van der Waals surface area contributed by atoms with Gasteiger partial charge in [0.2, 0.25) is 5.91 Å². The van der Waals surface area contributed by atoms with Crippen LogP contribution in [-0.4, -0.2) is 46.1 Å². The number of nitrogens with zero attached hydrogens (tertiary/aromatic N) is 2. The number of hydrogen-bond acceptors (Lipinski definition) is 4. The van der Waals surface area contributed by atoms with Gasteiger partial charge in [0.25, 0.3) is 0 Å². The molecule has 1 aromatic rings. The van der Waals surface area contributed by atoms with Crippen LogP contribution in [0.25, 0.3) is 0 Å². The molecule has 5 amide bonds. The van der Waals surface area contributed by atoms with Gasteiger partial charge in [-0.15, -0.1) is 0 Å². The number of rotatable bonds is 6. The SMILES string of the molecule is C[C@H](NC(=O)CN1C(=O)C(=O)N(Cc2ccccc2)C1=O)C1CC1. The van der Waals surface area contributed by atoms with Gasteiger partial charge in [-0.25, -0.2) is 9.69 Å². The molecule has 126 valence electrons. The van der Waals surface area contributed by atoms with Crippen LogP contribution in [0.2, 0.25) is 0 Å². The summed E-state index contributed by atoms with van der Waals surface area (Å²) in [6.07, 6.45) is 2.15. The van der Waals surface area contributed by atoms with E-state index in [0.29, 0.717) is 10.8 Å². The van der Waals surface area contributed by atoms with Crippen LogP contribution in [0.15, 0.2) is 30.3 Å². The number of nitrogens with one attached hydrogen (secondary N) is 1. The van der Waals surface area contributed by atoms with E-state index in [2.05, 4.69) is 5.32 Å². The van der Waals surface area contributed by atoms with Crippen LogP contribution >= 0.6 is 0 Å². The van der Waals surface area contributed by atoms with E-state index in [1.54, 1.807) is 24.3 Å². The molecule has 1 aliphatic heterocycles. The first-order valence-electron chi connectivity index (χ1n) is 7.98. The van der Waals surface area contributed by atoms with Crippen molar-refractivity contribution < 1.29 is 19.2 Å². The van der Waals surface area contributed by atoms with E-state index in [9.17, 15) is 19.2 Å². The number of hydrogen-bond donors (Lipinski definition) is 1. The molecule has 7 nitrogen and oxygen atoms in total. The molecule has 1 aromatic carbocycles. The van der Waals surface area contributed by atoms with Crippen LogP contribution in [-0.2, 0) is 20.9 Å². The average molecular weight is 329 g/mol. The molecule has 1 atom stereocenters. The molecule has 1 N–H and O–H groups in total. The zero-order valence-corrected chi connectivity index (χ0v) is 13.4. The Morgan fingerprint density at radius 3 is 2.38 bits per heavy atom. The lowest BCUT2D eigenvalue weighted by molar-refractivity contribution is -0.144. The van der Waals surface area contributed by atoms with Crippen LogP contribution < -0.4 is 5.32 Å². The quantitative estimate of drug-likeness (QED) is 0.620. The number of carbonyl (C=O) groups excluding carboxylic acids is 4. The predicted octanol–water partition coefficient (Wildman–Crippen LogP) is 0.892. The molecule has 1 heterocycles. The number of carbonyl (C=O) groups is 4. The standard InChI is InChI=1S/C17H19N3O4/c1-11(13-7-8-13)18-14(21)10-20-16(23)15(22)19(17(20)24)9-12-5-3-2-4-6-12/h2-6,11,13H,7-10H2,1H3,(H,18,21)/t11-/m0/s1. The molecule has 1 saturated carbocycles. The van der Waals surface area contributed by atoms with E-state index in [1.807, 2.05) is 13.0 Å². The molecule has 2 aliphatic rings. The Morgan fingerprint density at radius 1 is 1.12 bits per heavy atom. The molecule has 0 unspecified atom stereocenters. The van der Waals surface area contributed by atoms with Crippen molar-refractivity contribution >= 4 is 23.8 Å². The Morgan fingerprint density at radius 2 is 1.75 bits per heavy atom. The van der Waals surface area contributed by atoms with Crippen LogP contribution in [0, 0.1) is 5.92 Å². The fourth-order valence-corrected chi connectivity index (χ4v) is 2.75. The normalized spacial score (nSPS) is 19.0. The minimum Gasteiger partial charge on any atom is -0.352 e. The second kappa shape index (κ2) is 6.43. The first-order chi connectivity index (χ1) is 11.5. The summed E-state index contributed by atoms with van der Waals surface area (Å²) in [5.74, 6) is -1.81. The van der Waals surface area contributed by atoms with Gasteiger partial charge in [-0.1, -0.05) is 30.3 Å². The first-order valence-corrected chi connectivity index (χ1v) is 7.98. The Kier molecular flexibility index (Phi) is 4.33. The number of urea groups is 1. The molecule has 2 fully saturated rings. The van der Waals surface area contributed by atoms with Crippen molar-refractivity contribution in [3.05, 3.63) is 35.9 Å². The van der Waals surface area contributed by atoms with Crippen molar-refractivity contribution in [1.29, 1.82) is 0 Å². The van der Waals surface area contributed by atoms with E-state index >= 15 is 0 Å². The number of amides is 5. The Bertz CT molecular complexity index is 684. The van der Waals surface area contributed by atoms with Gasteiger partial charge in [0.15, 0.2) is 0 Å². The highest BCUT2D eigenvalue weighted by Crippen LogP contribution is 2.32. The van der Waals surface area contributed by atoms with Crippen molar-refractivity contribution in [2.24, 2.45) is 5.92 Å². The monoisotopic (exact) mass is 329 g/mol. The van der Waals surface area contributed by atoms with Gasteiger partial charge in [0, 0.05) is 6.04 Å². The molecular formula is C17H19N3O4. The molecular weight excluding hydrogens is 310 g/mol. The summed E-state index contributed by atoms with van der Waals surface area (Å²) < 4.78 is 0. The average Bonchev–Trinajstić information content (AvgIpc) is 3.39. The highest BCUT2D eigenvalue weighted by molar-refractivity contribution is 6.44. The van der Waals surface area contributed by atoms with Crippen molar-refractivity contribution in [2.75, 3.05) is 6.54 Å². The van der Waals surface area contributed by atoms with E-state index < -0.39 is 30.3 Å². The van der Waals surface area contributed by atoms with E-state index in [0.717, 1.165) is 23.3 Å². The van der Waals surface area contributed by atoms with Gasteiger partial charge in [-0.2, -0.15) is 0 Å². The van der Waals surface area contributed by atoms with Crippen molar-refractivity contribution in [3.63, 3.8) is 0 Å². The van der Waals surface area contributed by atoms with Crippen molar-refractivity contribution in [2.45, 2.75) is 32.4 Å². The van der Waals surface area contributed by atoms with Crippen LogP contribution in [0.3, 0.4) is 0 Å². The minimum atomic E-state index is -0.954.